The minimum Gasteiger partial charge on any atom is -0.327 e. The van der Waals surface area contributed by atoms with E-state index in [0.717, 1.165) is 11.0 Å². The molecule has 1 N–H and O–H groups in total. The van der Waals surface area contributed by atoms with Gasteiger partial charge in [-0.1, -0.05) is 18.5 Å². The third kappa shape index (κ3) is 3.81. The van der Waals surface area contributed by atoms with Crippen LogP contribution in [0.25, 0.3) is 0 Å². The van der Waals surface area contributed by atoms with Crippen LogP contribution >= 0.6 is 11.6 Å². The van der Waals surface area contributed by atoms with Gasteiger partial charge >= 0.3 is 0 Å². The lowest BCUT2D eigenvalue weighted by Crippen LogP contribution is -2.56. The second kappa shape index (κ2) is 7.11. The Morgan fingerprint density at radius 3 is 2.78 bits per heavy atom. The largest absolute Gasteiger partial charge is 0.327 e. The van der Waals surface area contributed by atoms with Crippen molar-refractivity contribution in [1.82, 2.24) is 10.2 Å². The highest BCUT2D eigenvalue weighted by atomic mass is 35.5. The fourth-order valence-electron chi connectivity index (χ4n) is 2.39. The predicted octanol–water partition coefficient (Wildman–Crippen LogP) is 1.81. The van der Waals surface area contributed by atoms with Crippen LogP contribution in [0.4, 0.5) is 8.78 Å². The average molecular weight is 367 g/mol. The van der Waals surface area contributed by atoms with Crippen LogP contribution < -0.4 is 5.32 Å². The summed E-state index contributed by atoms with van der Waals surface area (Å²) in [6.45, 7) is 1.96. The summed E-state index contributed by atoms with van der Waals surface area (Å²) in [6, 6.07) is 2.50. The molecule has 0 radical (unpaired) electrons. The van der Waals surface area contributed by atoms with Crippen molar-refractivity contribution in [3.8, 4) is 0 Å². The highest BCUT2D eigenvalue weighted by Crippen LogP contribution is 2.25. The molecule has 1 aromatic carbocycles. The van der Waals surface area contributed by atoms with Crippen LogP contribution in [0, 0.1) is 0 Å². The number of nitrogens with one attached hydrogen (secondary N) is 1. The normalized spacial score (nSPS) is 19.2. The zero-order chi connectivity index (χ0) is 17.2. The van der Waals surface area contributed by atoms with Gasteiger partial charge in [-0.2, -0.15) is 0 Å². The number of hydrogen-bond acceptors (Lipinski definition) is 4. The second-order valence-corrected chi connectivity index (χ2v) is 7.83. The number of benzene rings is 1. The average Bonchev–Trinajstić information content (AvgIpc) is 2.54. The highest BCUT2D eigenvalue weighted by Gasteiger charge is 2.34. The summed E-state index contributed by atoms with van der Waals surface area (Å²) < 4.78 is 50.1. The van der Waals surface area contributed by atoms with Gasteiger partial charge in [0.05, 0.1) is 21.2 Å². The summed E-state index contributed by atoms with van der Waals surface area (Å²) in [5, 5.41) is 2.85. The van der Waals surface area contributed by atoms with E-state index in [0.29, 0.717) is 6.54 Å². The van der Waals surface area contributed by atoms with Gasteiger partial charge in [0.2, 0.25) is 0 Å². The van der Waals surface area contributed by atoms with Crippen LogP contribution in [-0.2, 0) is 9.84 Å². The first-order valence-electron chi connectivity index (χ1n) is 7.10. The second-order valence-electron chi connectivity index (χ2n) is 5.15. The first-order valence-corrected chi connectivity index (χ1v) is 9.13. The Kier molecular flexibility index (Phi) is 5.59. The van der Waals surface area contributed by atoms with Gasteiger partial charge in [0.15, 0.2) is 9.84 Å². The summed E-state index contributed by atoms with van der Waals surface area (Å²) in [7, 11) is -3.52. The quantitative estimate of drug-likeness (QED) is 0.882. The highest BCUT2D eigenvalue weighted by molar-refractivity contribution is 7.91. The zero-order valence-corrected chi connectivity index (χ0v) is 14.0. The molecule has 5 nitrogen and oxygen atoms in total. The van der Waals surface area contributed by atoms with Gasteiger partial charge < -0.3 is 10.2 Å². The van der Waals surface area contributed by atoms with E-state index in [-0.39, 0.29) is 34.3 Å². The Labute approximate surface area is 138 Å². The summed E-state index contributed by atoms with van der Waals surface area (Å²) in [4.78, 5) is 13.6. The number of piperazine rings is 1. The molecule has 1 saturated heterocycles. The van der Waals surface area contributed by atoms with Gasteiger partial charge in [-0.15, -0.1) is 0 Å². The van der Waals surface area contributed by atoms with E-state index in [1.165, 1.54) is 19.1 Å². The minimum atomic E-state index is -3.52. The SMILES string of the molecule is CCS(=O)(=O)c1ccc(Cl)c(C(=O)N2CCNCC2C(F)F)c1. The van der Waals surface area contributed by atoms with E-state index in [9.17, 15) is 22.0 Å². The standard InChI is InChI=1S/C14H17ClF2N2O3S/c1-2-23(21,22)9-3-4-11(15)10(7-9)14(20)19-6-5-18-8-12(19)13(16)17/h3-4,7,12-13,18H,2,5-6,8H2,1H3. The molecule has 1 heterocycles. The van der Waals surface area contributed by atoms with E-state index in [4.69, 9.17) is 11.6 Å². The first-order chi connectivity index (χ1) is 10.8. The maximum atomic E-state index is 13.1. The molecule has 1 fully saturated rings. The summed E-state index contributed by atoms with van der Waals surface area (Å²) in [6.07, 6.45) is -2.70. The van der Waals surface area contributed by atoms with E-state index in [2.05, 4.69) is 5.32 Å². The number of sulfone groups is 1. The molecule has 1 aromatic rings. The van der Waals surface area contributed by atoms with Crippen LogP contribution in [0.3, 0.4) is 0 Å². The fourth-order valence-corrected chi connectivity index (χ4v) is 3.49. The first kappa shape index (κ1) is 18.1. The Morgan fingerprint density at radius 1 is 1.48 bits per heavy atom. The zero-order valence-electron chi connectivity index (χ0n) is 12.4. The lowest BCUT2D eigenvalue weighted by Gasteiger charge is -2.35. The monoisotopic (exact) mass is 366 g/mol. The molecule has 1 atom stereocenters. The molecule has 0 aliphatic carbocycles. The molecule has 1 amide bonds. The van der Waals surface area contributed by atoms with Crippen molar-refractivity contribution in [2.75, 3.05) is 25.4 Å². The molecule has 1 aliphatic rings. The third-order valence-electron chi connectivity index (χ3n) is 3.74. The van der Waals surface area contributed by atoms with Gasteiger partial charge in [-0.3, -0.25) is 4.79 Å². The molecule has 0 bridgehead atoms. The van der Waals surface area contributed by atoms with Crippen molar-refractivity contribution in [3.63, 3.8) is 0 Å². The molecule has 1 aliphatic heterocycles. The third-order valence-corrected chi connectivity index (χ3v) is 5.80. The molecule has 0 spiro atoms. The van der Waals surface area contributed by atoms with Crippen molar-refractivity contribution >= 4 is 27.3 Å². The number of hydrogen-bond donors (Lipinski definition) is 1. The molecule has 0 saturated carbocycles. The Morgan fingerprint density at radius 2 is 2.17 bits per heavy atom. The van der Waals surface area contributed by atoms with Crippen molar-refractivity contribution in [2.45, 2.75) is 24.3 Å². The molecular weight excluding hydrogens is 350 g/mol. The van der Waals surface area contributed by atoms with Crippen LogP contribution in [0.2, 0.25) is 5.02 Å². The van der Waals surface area contributed by atoms with Crippen molar-refractivity contribution in [2.24, 2.45) is 0 Å². The molecular formula is C14H17ClF2N2O3S. The Bertz CT molecular complexity index is 697. The van der Waals surface area contributed by atoms with Gasteiger partial charge in [0.1, 0.15) is 6.04 Å². The molecule has 9 heteroatoms. The van der Waals surface area contributed by atoms with Crippen LogP contribution in [0.1, 0.15) is 17.3 Å². The van der Waals surface area contributed by atoms with Crippen molar-refractivity contribution in [1.29, 1.82) is 0 Å². The summed E-state index contributed by atoms with van der Waals surface area (Å²) in [5.74, 6) is -0.815. The number of rotatable bonds is 4. The Hall–Kier alpha value is -1.25. The molecule has 1 unspecified atom stereocenters. The number of halogens is 3. The lowest BCUT2D eigenvalue weighted by atomic mass is 10.1. The summed E-state index contributed by atoms with van der Waals surface area (Å²) >= 11 is 5.99. The number of alkyl halides is 2. The van der Waals surface area contributed by atoms with Crippen molar-refractivity contribution < 1.29 is 22.0 Å². The number of amides is 1. The van der Waals surface area contributed by atoms with Crippen LogP contribution in [0.5, 0.6) is 0 Å². The number of carbonyl (C=O) groups excluding carboxylic acids is 1. The van der Waals surface area contributed by atoms with Crippen LogP contribution in [0.15, 0.2) is 23.1 Å². The molecule has 2 rings (SSSR count). The van der Waals surface area contributed by atoms with E-state index < -0.39 is 28.2 Å². The predicted molar refractivity (Wildman–Crippen MR) is 82.9 cm³/mol. The minimum absolute atomic E-state index is 0.0199. The molecule has 128 valence electrons. The fraction of sp³-hybridized carbons (Fsp3) is 0.500. The van der Waals surface area contributed by atoms with Gasteiger partial charge in [0.25, 0.3) is 12.3 Å². The van der Waals surface area contributed by atoms with Gasteiger partial charge in [0, 0.05) is 19.6 Å². The Balaban J connectivity index is 2.40. The maximum absolute atomic E-state index is 13.1. The molecule has 23 heavy (non-hydrogen) atoms. The smallest absolute Gasteiger partial charge is 0.259 e. The summed E-state index contributed by atoms with van der Waals surface area (Å²) in [5.41, 5.74) is -0.0752. The van der Waals surface area contributed by atoms with Crippen LogP contribution in [-0.4, -0.2) is 57.1 Å². The number of nitrogens with zero attached hydrogens (tertiary/aromatic N) is 1. The van der Waals surface area contributed by atoms with Gasteiger partial charge in [-0.25, -0.2) is 17.2 Å². The topological polar surface area (TPSA) is 66.5 Å². The van der Waals surface area contributed by atoms with E-state index in [1.54, 1.807) is 0 Å². The van der Waals surface area contributed by atoms with Crippen molar-refractivity contribution in [3.05, 3.63) is 28.8 Å². The van der Waals surface area contributed by atoms with E-state index in [1.807, 2.05) is 0 Å². The molecule has 0 aromatic heterocycles. The lowest BCUT2D eigenvalue weighted by molar-refractivity contribution is 0.0126. The van der Waals surface area contributed by atoms with Gasteiger partial charge in [-0.05, 0) is 18.2 Å². The number of carbonyl (C=O) groups is 1. The van der Waals surface area contributed by atoms with E-state index >= 15 is 0 Å². The maximum Gasteiger partial charge on any atom is 0.259 e.